The first kappa shape index (κ1) is 24.4. The zero-order chi connectivity index (χ0) is 22.4. The summed E-state index contributed by atoms with van der Waals surface area (Å²) in [5, 5.41) is 14.9. The minimum absolute atomic E-state index is 0.0650. The molecule has 0 aromatic carbocycles. The molecule has 0 unspecified atom stereocenters. The maximum atomic E-state index is 12.3. The van der Waals surface area contributed by atoms with E-state index in [0.29, 0.717) is 18.1 Å². The summed E-state index contributed by atoms with van der Waals surface area (Å²) in [4.78, 5) is 12.3. The van der Waals surface area contributed by atoms with Crippen LogP contribution >= 0.6 is 0 Å². The van der Waals surface area contributed by atoms with Gasteiger partial charge in [0, 0.05) is 26.2 Å². The van der Waals surface area contributed by atoms with Crippen molar-refractivity contribution in [2.45, 2.75) is 101 Å². The number of ether oxygens (including phenoxy) is 2. The Kier molecular flexibility index (Phi) is 8.85. The molecule has 0 radical (unpaired) electrons. The summed E-state index contributed by atoms with van der Waals surface area (Å²) < 4.78 is 10.6. The summed E-state index contributed by atoms with van der Waals surface area (Å²) in [7, 11) is 3.37. The third-order valence-electron chi connectivity index (χ3n) is 8.90. The summed E-state index contributed by atoms with van der Waals surface area (Å²) in [5.74, 6) is 2.17. The molecule has 32 heavy (non-hydrogen) atoms. The van der Waals surface area contributed by atoms with E-state index < -0.39 is 5.54 Å². The Bertz CT molecular complexity index is 574. The largest absolute Gasteiger partial charge is 0.468 e. The van der Waals surface area contributed by atoms with E-state index in [1.54, 1.807) is 0 Å². The summed E-state index contributed by atoms with van der Waals surface area (Å²) in [6.07, 6.45) is 14.7. The molecular formula is C25H46N4O3. The number of nitrogens with one attached hydrogen (secondary N) is 4. The zero-order valence-electron chi connectivity index (χ0n) is 20.3. The third-order valence-corrected chi connectivity index (χ3v) is 8.90. The van der Waals surface area contributed by atoms with Gasteiger partial charge in [0.2, 0.25) is 0 Å². The van der Waals surface area contributed by atoms with E-state index in [9.17, 15) is 4.79 Å². The van der Waals surface area contributed by atoms with E-state index in [1.807, 2.05) is 7.11 Å². The Morgan fingerprint density at radius 2 is 1.56 bits per heavy atom. The average molecular weight is 451 g/mol. The first-order valence-electron chi connectivity index (χ1n) is 13.2. The van der Waals surface area contributed by atoms with Gasteiger partial charge in [0.1, 0.15) is 11.8 Å². The lowest BCUT2D eigenvalue weighted by molar-refractivity contribution is -0.148. The summed E-state index contributed by atoms with van der Waals surface area (Å²) in [6.45, 7) is 3.17. The number of carbonyl (C=O) groups is 1. The van der Waals surface area contributed by atoms with Crippen molar-refractivity contribution < 1.29 is 14.3 Å². The Hall–Kier alpha value is -0.730. The second kappa shape index (κ2) is 11.6. The number of rotatable bonds is 8. The molecule has 0 aromatic heterocycles. The van der Waals surface area contributed by atoms with Crippen molar-refractivity contribution >= 4 is 5.97 Å². The van der Waals surface area contributed by atoms with Crippen LogP contribution in [0.4, 0.5) is 0 Å². The van der Waals surface area contributed by atoms with Gasteiger partial charge in [-0.1, -0.05) is 12.8 Å². The minimum Gasteiger partial charge on any atom is -0.468 e. The molecule has 184 valence electrons. The average Bonchev–Trinajstić information content (AvgIpc) is 3.34. The number of methoxy groups -OCH3 is 2. The van der Waals surface area contributed by atoms with Crippen LogP contribution in [0.5, 0.6) is 0 Å². The molecule has 4 fully saturated rings. The fraction of sp³-hybridized carbons (Fsp3) is 0.960. The number of hydrogen-bond donors (Lipinski definition) is 4. The van der Waals surface area contributed by atoms with Gasteiger partial charge in [0.25, 0.3) is 0 Å². The number of esters is 1. The predicted octanol–water partition coefficient (Wildman–Crippen LogP) is 2.51. The normalized spacial score (nSPS) is 37.8. The fourth-order valence-electron chi connectivity index (χ4n) is 6.67. The van der Waals surface area contributed by atoms with Gasteiger partial charge in [-0.15, -0.1) is 0 Å². The Labute approximate surface area is 194 Å². The van der Waals surface area contributed by atoms with Crippen LogP contribution in [-0.4, -0.2) is 63.8 Å². The molecule has 0 atom stereocenters. The maximum absolute atomic E-state index is 12.3. The molecular weight excluding hydrogens is 404 g/mol. The SMILES string of the molecule is COC(=O)C1(NCC2CCC(NC3NCC(C4CCC(OC)CC4)CN3)CC2)CCCC1. The van der Waals surface area contributed by atoms with Crippen molar-refractivity contribution in [2.24, 2.45) is 17.8 Å². The van der Waals surface area contributed by atoms with Gasteiger partial charge in [-0.2, -0.15) is 0 Å². The smallest absolute Gasteiger partial charge is 0.326 e. The van der Waals surface area contributed by atoms with Gasteiger partial charge in [-0.05, 0) is 88.5 Å². The summed E-state index contributed by atoms with van der Waals surface area (Å²) in [5.41, 5.74) is -0.418. The molecule has 3 saturated carbocycles. The van der Waals surface area contributed by atoms with Crippen molar-refractivity contribution in [1.82, 2.24) is 21.3 Å². The van der Waals surface area contributed by atoms with E-state index >= 15 is 0 Å². The quantitative estimate of drug-likeness (QED) is 0.423. The molecule has 1 heterocycles. The van der Waals surface area contributed by atoms with Gasteiger partial charge in [0.05, 0.1) is 13.2 Å². The molecule has 0 amide bonds. The van der Waals surface area contributed by atoms with Crippen LogP contribution in [0.25, 0.3) is 0 Å². The topological polar surface area (TPSA) is 83.7 Å². The highest BCUT2D eigenvalue weighted by Gasteiger charge is 2.42. The van der Waals surface area contributed by atoms with Crippen LogP contribution in [-0.2, 0) is 14.3 Å². The Balaban J connectivity index is 1.12. The fourth-order valence-corrected chi connectivity index (χ4v) is 6.67. The lowest BCUT2D eigenvalue weighted by atomic mass is 9.78. The molecule has 4 rings (SSSR count). The number of hydrogen-bond acceptors (Lipinski definition) is 7. The minimum atomic E-state index is -0.418. The Morgan fingerprint density at radius 1 is 0.906 bits per heavy atom. The third kappa shape index (κ3) is 6.03. The molecule has 1 saturated heterocycles. The monoisotopic (exact) mass is 450 g/mol. The van der Waals surface area contributed by atoms with Crippen molar-refractivity contribution in [3.63, 3.8) is 0 Å². The number of carbonyl (C=O) groups excluding carboxylic acids is 1. The first-order chi connectivity index (χ1) is 15.6. The highest BCUT2D eigenvalue weighted by atomic mass is 16.5. The van der Waals surface area contributed by atoms with E-state index in [0.717, 1.165) is 57.2 Å². The van der Waals surface area contributed by atoms with E-state index in [1.165, 1.54) is 58.5 Å². The van der Waals surface area contributed by atoms with Crippen LogP contribution in [0.1, 0.15) is 77.0 Å². The van der Waals surface area contributed by atoms with Crippen molar-refractivity contribution in [1.29, 1.82) is 0 Å². The molecule has 3 aliphatic carbocycles. The second-order valence-electron chi connectivity index (χ2n) is 10.8. The van der Waals surface area contributed by atoms with E-state index in [-0.39, 0.29) is 12.3 Å². The van der Waals surface area contributed by atoms with Gasteiger partial charge >= 0.3 is 5.97 Å². The summed E-state index contributed by atoms with van der Waals surface area (Å²) >= 11 is 0. The van der Waals surface area contributed by atoms with Crippen LogP contribution in [0.2, 0.25) is 0 Å². The van der Waals surface area contributed by atoms with E-state index in [2.05, 4.69) is 21.3 Å². The van der Waals surface area contributed by atoms with Crippen molar-refractivity contribution in [3.05, 3.63) is 0 Å². The lowest BCUT2D eigenvalue weighted by Gasteiger charge is -2.40. The van der Waals surface area contributed by atoms with Crippen molar-refractivity contribution in [2.75, 3.05) is 33.9 Å². The van der Waals surface area contributed by atoms with Crippen LogP contribution < -0.4 is 21.3 Å². The Morgan fingerprint density at radius 3 is 2.16 bits per heavy atom. The first-order valence-corrected chi connectivity index (χ1v) is 13.2. The van der Waals surface area contributed by atoms with Crippen LogP contribution in [0.15, 0.2) is 0 Å². The summed E-state index contributed by atoms with van der Waals surface area (Å²) in [6, 6.07) is 0.575. The molecule has 7 nitrogen and oxygen atoms in total. The van der Waals surface area contributed by atoms with Crippen molar-refractivity contribution in [3.8, 4) is 0 Å². The van der Waals surface area contributed by atoms with Gasteiger partial charge in [-0.25, -0.2) is 0 Å². The highest BCUT2D eigenvalue weighted by Crippen LogP contribution is 2.33. The molecule has 1 aliphatic heterocycles. The maximum Gasteiger partial charge on any atom is 0.326 e. The molecule has 4 aliphatic rings. The molecule has 7 heteroatoms. The molecule has 0 bridgehead atoms. The van der Waals surface area contributed by atoms with Crippen LogP contribution in [0.3, 0.4) is 0 Å². The van der Waals surface area contributed by atoms with Gasteiger partial charge in [-0.3, -0.25) is 20.7 Å². The predicted molar refractivity (Wildman–Crippen MR) is 126 cm³/mol. The zero-order valence-corrected chi connectivity index (χ0v) is 20.3. The van der Waals surface area contributed by atoms with Crippen LogP contribution in [0, 0.1) is 17.8 Å². The molecule has 0 spiro atoms. The lowest BCUT2D eigenvalue weighted by Crippen LogP contribution is -2.63. The van der Waals surface area contributed by atoms with Gasteiger partial charge in [0.15, 0.2) is 0 Å². The highest BCUT2D eigenvalue weighted by molar-refractivity contribution is 5.81. The molecule has 0 aromatic rings. The van der Waals surface area contributed by atoms with E-state index in [4.69, 9.17) is 9.47 Å². The standard InChI is InChI=1S/C25H46N4O3/c1-31-22-11-7-19(8-12-22)20-16-26-24(27-17-20)29-21-9-5-18(6-10-21)15-28-25(23(30)32-2)13-3-4-14-25/h18-22,24,26-29H,3-17H2,1-2H3. The molecule has 4 N–H and O–H groups in total. The second-order valence-corrected chi connectivity index (χ2v) is 10.8. The van der Waals surface area contributed by atoms with Gasteiger partial charge < -0.3 is 14.8 Å².